The third kappa shape index (κ3) is 4.28. The molecule has 1 aromatic carbocycles. The molecule has 5 nitrogen and oxygen atoms in total. The molecule has 1 fully saturated rings. The number of sulfone groups is 1. The molecule has 21 heavy (non-hydrogen) atoms. The topological polar surface area (TPSA) is 66.5 Å². The quantitative estimate of drug-likeness (QED) is 0.900. The van der Waals surface area contributed by atoms with Gasteiger partial charge in [0.2, 0.25) is 5.91 Å². The number of carbonyl (C=O) groups excluding carboxylic acids is 1. The fourth-order valence-corrected chi connectivity index (χ4v) is 3.74. The largest absolute Gasteiger partial charge is 0.352 e. The average Bonchev–Trinajstić information content (AvgIpc) is 2.41. The van der Waals surface area contributed by atoms with Gasteiger partial charge in [-0.1, -0.05) is 30.3 Å². The number of carbonyl (C=O) groups is 1. The van der Waals surface area contributed by atoms with Gasteiger partial charge in [0.05, 0.1) is 11.5 Å². The molecular weight excluding hydrogens is 288 g/mol. The minimum Gasteiger partial charge on any atom is -0.352 e. The third-order valence-corrected chi connectivity index (χ3v) is 5.15. The molecule has 1 heterocycles. The Balaban J connectivity index is 2.22. The number of nitrogens with one attached hydrogen (secondary N) is 1. The van der Waals surface area contributed by atoms with Gasteiger partial charge in [0.1, 0.15) is 6.04 Å². The van der Waals surface area contributed by atoms with Gasteiger partial charge in [-0.15, -0.1) is 0 Å². The van der Waals surface area contributed by atoms with Crippen LogP contribution in [0.4, 0.5) is 0 Å². The fraction of sp³-hybridized carbons (Fsp3) is 0.533. The summed E-state index contributed by atoms with van der Waals surface area (Å²) in [7, 11) is -2.95. The number of rotatable bonds is 4. The Labute approximate surface area is 126 Å². The van der Waals surface area contributed by atoms with Crippen molar-refractivity contribution < 1.29 is 13.2 Å². The van der Waals surface area contributed by atoms with E-state index in [9.17, 15) is 13.2 Å². The van der Waals surface area contributed by atoms with Crippen molar-refractivity contribution in [1.82, 2.24) is 10.2 Å². The maximum atomic E-state index is 12.5. The number of benzene rings is 1. The molecular formula is C15H22N2O3S. The molecule has 1 saturated heterocycles. The van der Waals surface area contributed by atoms with Crippen LogP contribution in [0.15, 0.2) is 30.3 Å². The first kappa shape index (κ1) is 16.0. The van der Waals surface area contributed by atoms with Crippen LogP contribution < -0.4 is 5.32 Å². The highest BCUT2D eigenvalue weighted by atomic mass is 32.2. The van der Waals surface area contributed by atoms with E-state index in [0.29, 0.717) is 13.1 Å². The molecule has 6 heteroatoms. The van der Waals surface area contributed by atoms with Gasteiger partial charge in [0.15, 0.2) is 9.84 Å². The third-order valence-electron chi connectivity index (χ3n) is 3.54. The molecule has 116 valence electrons. The lowest BCUT2D eigenvalue weighted by Gasteiger charge is -2.34. The molecule has 0 aromatic heterocycles. The van der Waals surface area contributed by atoms with Crippen molar-refractivity contribution >= 4 is 15.7 Å². The van der Waals surface area contributed by atoms with E-state index in [2.05, 4.69) is 5.32 Å². The van der Waals surface area contributed by atoms with Gasteiger partial charge in [0, 0.05) is 19.1 Å². The zero-order valence-electron chi connectivity index (χ0n) is 12.5. The molecule has 1 aliphatic rings. The molecule has 1 aliphatic heterocycles. The highest BCUT2D eigenvalue weighted by Crippen LogP contribution is 2.23. The van der Waals surface area contributed by atoms with Crippen molar-refractivity contribution in [2.75, 3.05) is 24.6 Å². The van der Waals surface area contributed by atoms with E-state index in [1.807, 2.05) is 49.1 Å². The van der Waals surface area contributed by atoms with Crippen molar-refractivity contribution in [2.45, 2.75) is 25.9 Å². The Morgan fingerprint density at radius 2 is 1.71 bits per heavy atom. The van der Waals surface area contributed by atoms with Crippen molar-refractivity contribution in [1.29, 1.82) is 0 Å². The van der Waals surface area contributed by atoms with Gasteiger partial charge in [-0.05, 0) is 19.4 Å². The van der Waals surface area contributed by atoms with Gasteiger partial charge >= 0.3 is 0 Å². The van der Waals surface area contributed by atoms with Crippen LogP contribution in [0.5, 0.6) is 0 Å². The number of hydrogen-bond acceptors (Lipinski definition) is 4. The summed E-state index contributed by atoms with van der Waals surface area (Å²) in [5, 5.41) is 2.93. The maximum Gasteiger partial charge on any atom is 0.242 e. The Hall–Kier alpha value is -1.40. The zero-order chi connectivity index (χ0) is 15.5. The normalized spacial score (nSPS) is 20.1. The van der Waals surface area contributed by atoms with Crippen LogP contribution in [-0.4, -0.2) is 49.9 Å². The molecule has 0 bridgehead atoms. The standard InChI is InChI=1S/C15H22N2O3S/c1-12(2)16-15(18)14(13-6-4-3-5-7-13)17-8-10-21(19,20)11-9-17/h3-7,12,14H,8-11H2,1-2H3,(H,16,18)/t14-/m0/s1. The predicted octanol–water partition coefficient (Wildman–Crippen LogP) is 0.983. The Kier molecular flexibility index (Phi) is 5.00. The summed E-state index contributed by atoms with van der Waals surface area (Å²) < 4.78 is 23.2. The van der Waals surface area contributed by atoms with Crippen LogP contribution >= 0.6 is 0 Å². The summed E-state index contributed by atoms with van der Waals surface area (Å²) in [4.78, 5) is 14.5. The smallest absolute Gasteiger partial charge is 0.242 e. The van der Waals surface area contributed by atoms with Crippen molar-refractivity contribution in [2.24, 2.45) is 0 Å². The summed E-state index contributed by atoms with van der Waals surface area (Å²) in [5.41, 5.74) is 0.898. The lowest BCUT2D eigenvalue weighted by Crippen LogP contribution is -2.48. The van der Waals surface area contributed by atoms with E-state index in [1.54, 1.807) is 0 Å². The minimum absolute atomic E-state index is 0.0530. The molecule has 0 radical (unpaired) electrons. The first-order valence-corrected chi connectivity index (χ1v) is 9.01. The molecule has 0 aliphatic carbocycles. The fourth-order valence-electron chi connectivity index (χ4n) is 2.51. The SMILES string of the molecule is CC(C)NC(=O)[C@H](c1ccccc1)N1CCS(=O)(=O)CC1. The molecule has 1 aromatic rings. The molecule has 1 amide bonds. The van der Waals surface area contributed by atoms with E-state index in [1.165, 1.54) is 0 Å². The van der Waals surface area contributed by atoms with E-state index in [-0.39, 0.29) is 23.5 Å². The minimum atomic E-state index is -2.95. The van der Waals surface area contributed by atoms with Gasteiger partial charge in [-0.25, -0.2) is 8.42 Å². The van der Waals surface area contributed by atoms with Crippen LogP contribution in [0.3, 0.4) is 0 Å². The molecule has 0 unspecified atom stereocenters. The van der Waals surface area contributed by atoms with Gasteiger partial charge in [0.25, 0.3) is 0 Å². The summed E-state index contributed by atoms with van der Waals surface area (Å²) >= 11 is 0. The molecule has 2 rings (SSSR count). The highest BCUT2D eigenvalue weighted by Gasteiger charge is 2.32. The van der Waals surface area contributed by atoms with Crippen molar-refractivity contribution in [3.63, 3.8) is 0 Å². The van der Waals surface area contributed by atoms with Gasteiger partial charge < -0.3 is 5.32 Å². The first-order chi connectivity index (χ1) is 9.89. The summed E-state index contributed by atoms with van der Waals surface area (Å²) in [6, 6.07) is 9.14. The molecule has 1 atom stereocenters. The second-order valence-corrected chi connectivity index (χ2v) is 7.97. The Morgan fingerprint density at radius 3 is 2.24 bits per heavy atom. The number of hydrogen-bond donors (Lipinski definition) is 1. The van der Waals surface area contributed by atoms with Gasteiger partial charge in [-0.2, -0.15) is 0 Å². The summed E-state index contributed by atoms with van der Waals surface area (Å²) in [5.74, 6) is 0.159. The van der Waals surface area contributed by atoms with E-state index in [0.717, 1.165) is 5.56 Å². The van der Waals surface area contributed by atoms with E-state index < -0.39 is 15.9 Å². The lowest BCUT2D eigenvalue weighted by molar-refractivity contribution is -0.127. The van der Waals surface area contributed by atoms with Crippen LogP contribution in [0.25, 0.3) is 0 Å². The van der Waals surface area contributed by atoms with Crippen LogP contribution in [0, 0.1) is 0 Å². The highest BCUT2D eigenvalue weighted by molar-refractivity contribution is 7.91. The first-order valence-electron chi connectivity index (χ1n) is 7.19. The molecule has 0 saturated carbocycles. The van der Waals surface area contributed by atoms with Crippen LogP contribution in [0.2, 0.25) is 0 Å². The second-order valence-electron chi connectivity index (χ2n) is 5.66. The van der Waals surface area contributed by atoms with Crippen LogP contribution in [0.1, 0.15) is 25.5 Å². The number of nitrogens with zero attached hydrogens (tertiary/aromatic N) is 1. The van der Waals surface area contributed by atoms with E-state index >= 15 is 0 Å². The van der Waals surface area contributed by atoms with Crippen LogP contribution in [-0.2, 0) is 14.6 Å². The lowest BCUT2D eigenvalue weighted by atomic mass is 10.0. The molecule has 1 N–H and O–H groups in total. The second kappa shape index (κ2) is 6.58. The predicted molar refractivity (Wildman–Crippen MR) is 82.7 cm³/mol. The zero-order valence-corrected chi connectivity index (χ0v) is 13.3. The summed E-state index contributed by atoms with van der Waals surface area (Å²) in [6.07, 6.45) is 0. The average molecular weight is 310 g/mol. The monoisotopic (exact) mass is 310 g/mol. The Morgan fingerprint density at radius 1 is 1.14 bits per heavy atom. The van der Waals surface area contributed by atoms with Crippen molar-refractivity contribution in [3.05, 3.63) is 35.9 Å². The number of amides is 1. The van der Waals surface area contributed by atoms with E-state index in [4.69, 9.17) is 0 Å². The summed E-state index contributed by atoms with van der Waals surface area (Å²) in [6.45, 7) is 4.63. The maximum absolute atomic E-state index is 12.5. The van der Waals surface area contributed by atoms with Crippen molar-refractivity contribution in [3.8, 4) is 0 Å². The molecule has 0 spiro atoms. The van der Waals surface area contributed by atoms with Gasteiger partial charge in [-0.3, -0.25) is 9.69 Å². The Bertz CT molecular complexity index is 570.